The van der Waals surface area contributed by atoms with Crippen molar-refractivity contribution >= 4 is 11.8 Å². The van der Waals surface area contributed by atoms with Crippen LogP contribution in [0.5, 0.6) is 0 Å². The van der Waals surface area contributed by atoms with Crippen LogP contribution in [0.3, 0.4) is 0 Å². The van der Waals surface area contributed by atoms with E-state index in [0.29, 0.717) is 26.1 Å². The van der Waals surface area contributed by atoms with Crippen molar-refractivity contribution in [2.75, 3.05) is 26.2 Å². The Morgan fingerprint density at radius 2 is 1.91 bits per heavy atom. The highest BCUT2D eigenvalue weighted by molar-refractivity contribution is 5.93. The van der Waals surface area contributed by atoms with Crippen LogP contribution in [-0.2, 0) is 11.2 Å². The van der Waals surface area contributed by atoms with E-state index in [-0.39, 0.29) is 18.1 Å². The molecule has 0 bridgehead atoms. The van der Waals surface area contributed by atoms with Crippen LogP contribution < -0.4 is 11.2 Å². The van der Waals surface area contributed by atoms with Gasteiger partial charge in [-0.15, -0.1) is 0 Å². The van der Waals surface area contributed by atoms with Crippen LogP contribution >= 0.6 is 0 Å². The summed E-state index contributed by atoms with van der Waals surface area (Å²) in [7, 11) is 0. The quantitative estimate of drug-likeness (QED) is 0.611. The molecule has 1 aromatic carbocycles. The molecule has 3 heterocycles. The lowest BCUT2D eigenvalue weighted by Crippen LogP contribution is -2.39. The first-order valence-corrected chi connectivity index (χ1v) is 10.9. The minimum atomic E-state index is -0.742. The van der Waals surface area contributed by atoms with Crippen molar-refractivity contribution in [3.05, 3.63) is 87.0 Å². The fraction of sp³-hybridized carbons (Fsp3) is 0.292. The number of likely N-dealkylation sites (N-methyl/N-ethyl adjacent to an activating group) is 1. The number of aromatic nitrogens is 3. The second-order valence-corrected chi connectivity index (χ2v) is 7.97. The molecule has 9 heteroatoms. The maximum atomic E-state index is 13.3. The number of rotatable bonds is 5. The lowest BCUT2D eigenvalue weighted by Gasteiger charge is -2.24. The zero-order valence-corrected chi connectivity index (χ0v) is 18.3. The highest BCUT2D eigenvalue weighted by atomic mass is 16.2. The summed E-state index contributed by atoms with van der Waals surface area (Å²) in [6, 6.07) is 12.8. The van der Waals surface area contributed by atoms with Crippen molar-refractivity contribution in [2.24, 2.45) is 5.92 Å². The zero-order valence-electron chi connectivity index (χ0n) is 18.3. The summed E-state index contributed by atoms with van der Waals surface area (Å²) in [5.41, 5.74) is 1.45. The molecule has 9 nitrogen and oxygen atoms in total. The monoisotopic (exact) mass is 447 g/mol. The highest BCUT2D eigenvalue weighted by Gasteiger charge is 2.33. The first kappa shape index (κ1) is 22.2. The van der Waals surface area contributed by atoms with Gasteiger partial charge in [-0.1, -0.05) is 30.3 Å². The van der Waals surface area contributed by atoms with Gasteiger partial charge < -0.3 is 14.8 Å². The van der Waals surface area contributed by atoms with Crippen molar-refractivity contribution < 1.29 is 9.59 Å². The Balaban J connectivity index is 1.65. The number of carbonyl (C=O) groups excluding carboxylic acids is 2. The molecule has 2 N–H and O–H groups in total. The third-order valence-electron chi connectivity index (χ3n) is 5.86. The predicted molar refractivity (Wildman–Crippen MR) is 123 cm³/mol. The molecule has 3 aromatic rings. The van der Waals surface area contributed by atoms with Gasteiger partial charge in [0, 0.05) is 50.2 Å². The first-order valence-electron chi connectivity index (χ1n) is 10.9. The van der Waals surface area contributed by atoms with Crippen LogP contribution in [-0.4, -0.2) is 62.7 Å². The average Bonchev–Trinajstić information content (AvgIpc) is 2.97. The molecular formula is C24H25N5O4. The van der Waals surface area contributed by atoms with E-state index in [9.17, 15) is 19.2 Å². The molecule has 1 saturated heterocycles. The molecule has 0 unspecified atom stereocenters. The van der Waals surface area contributed by atoms with Crippen molar-refractivity contribution in [1.29, 1.82) is 0 Å². The minimum absolute atomic E-state index is 0.0202. The number of carbonyl (C=O) groups is 2. The van der Waals surface area contributed by atoms with Crippen molar-refractivity contribution in [3.8, 4) is 11.1 Å². The molecule has 2 aromatic heterocycles. The number of nitrogens with one attached hydrogen (secondary N) is 2. The van der Waals surface area contributed by atoms with Gasteiger partial charge in [0.05, 0.1) is 5.92 Å². The first-order chi connectivity index (χ1) is 16.0. The summed E-state index contributed by atoms with van der Waals surface area (Å²) in [5.74, 6) is -0.967. The molecule has 0 aliphatic carbocycles. The molecule has 0 spiro atoms. The van der Waals surface area contributed by atoms with Gasteiger partial charge >= 0.3 is 5.69 Å². The van der Waals surface area contributed by atoms with E-state index in [2.05, 4.69) is 15.0 Å². The second-order valence-electron chi connectivity index (χ2n) is 7.97. The zero-order chi connectivity index (χ0) is 23.4. The van der Waals surface area contributed by atoms with Gasteiger partial charge in [0.2, 0.25) is 5.91 Å². The van der Waals surface area contributed by atoms with Crippen molar-refractivity contribution in [1.82, 2.24) is 24.8 Å². The number of amides is 2. The molecule has 33 heavy (non-hydrogen) atoms. The number of H-pyrrole nitrogens is 2. The van der Waals surface area contributed by atoms with E-state index in [4.69, 9.17) is 0 Å². The van der Waals surface area contributed by atoms with E-state index in [1.807, 2.05) is 43.3 Å². The van der Waals surface area contributed by atoms with Crippen LogP contribution in [0.1, 0.15) is 23.0 Å². The molecule has 1 aliphatic heterocycles. The topological polar surface area (TPSA) is 119 Å². The lowest BCUT2D eigenvalue weighted by atomic mass is 9.91. The molecule has 1 aliphatic rings. The Morgan fingerprint density at radius 1 is 1.09 bits per heavy atom. The predicted octanol–water partition coefficient (Wildman–Crippen LogP) is 1.29. The van der Waals surface area contributed by atoms with Crippen molar-refractivity contribution in [2.45, 2.75) is 13.3 Å². The van der Waals surface area contributed by atoms with Gasteiger partial charge in [-0.25, -0.2) is 4.79 Å². The molecule has 1 fully saturated rings. The standard InChI is InChI=1S/C24H25N5O4/c1-2-28-10-11-29(23(32)20-13-21(30)27-24(33)26-20)15-18(22(28)31)12-16-6-3-4-8-19(16)17-7-5-9-25-14-17/h3-9,13-14,18H,2,10-12,15H2,1H3,(H2,26,27,30,33)/t18-/m0/s1. The summed E-state index contributed by atoms with van der Waals surface area (Å²) in [4.78, 5) is 61.7. The van der Waals surface area contributed by atoms with E-state index in [1.54, 1.807) is 17.3 Å². The van der Waals surface area contributed by atoms with E-state index in [0.717, 1.165) is 22.8 Å². The average molecular weight is 447 g/mol. The molecule has 0 saturated carbocycles. The van der Waals surface area contributed by atoms with Crippen LogP contribution in [0.25, 0.3) is 11.1 Å². The molecule has 1 atom stereocenters. The summed E-state index contributed by atoms with van der Waals surface area (Å²) >= 11 is 0. The second kappa shape index (κ2) is 9.64. The summed E-state index contributed by atoms with van der Waals surface area (Å²) in [6.45, 7) is 3.32. The SMILES string of the molecule is CCN1CCN(C(=O)c2cc(=O)[nH]c(=O)[nH]2)C[C@H](Cc2ccccc2-c2cccnc2)C1=O. The fourth-order valence-corrected chi connectivity index (χ4v) is 4.22. The maximum absolute atomic E-state index is 13.3. The van der Waals surface area contributed by atoms with Crippen LogP contribution in [0.2, 0.25) is 0 Å². The van der Waals surface area contributed by atoms with E-state index < -0.39 is 23.1 Å². The van der Waals surface area contributed by atoms with Crippen molar-refractivity contribution in [3.63, 3.8) is 0 Å². The minimum Gasteiger partial charge on any atom is -0.341 e. The number of hydrogen-bond donors (Lipinski definition) is 2. The summed E-state index contributed by atoms with van der Waals surface area (Å²) < 4.78 is 0. The number of nitrogens with zero attached hydrogens (tertiary/aromatic N) is 3. The molecule has 0 radical (unpaired) electrons. The normalized spacial score (nSPS) is 16.5. The summed E-state index contributed by atoms with van der Waals surface area (Å²) in [6.07, 6.45) is 3.93. The number of aromatic amines is 2. The summed E-state index contributed by atoms with van der Waals surface area (Å²) in [5, 5.41) is 0. The molecular weight excluding hydrogens is 422 g/mol. The fourth-order valence-electron chi connectivity index (χ4n) is 4.22. The van der Waals surface area contributed by atoms with Gasteiger partial charge in [-0.3, -0.25) is 24.4 Å². The Bertz CT molecular complexity index is 1240. The van der Waals surface area contributed by atoms with Gasteiger partial charge in [-0.05, 0) is 30.5 Å². The molecule has 170 valence electrons. The molecule has 4 rings (SSSR count). The third kappa shape index (κ3) is 4.92. The Kier molecular flexibility index (Phi) is 6.48. The van der Waals surface area contributed by atoms with E-state index in [1.165, 1.54) is 4.90 Å². The Labute approximate surface area is 190 Å². The van der Waals surface area contributed by atoms with Gasteiger partial charge in [0.25, 0.3) is 11.5 Å². The number of benzene rings is 1. The van der Waals surface area contributed by atoms with Crippen LogP contribution in [0.4, 0.5) is 0 Å². The third-order valence-corrected chi connectivity index (χ3v) is 5.86. The van der Waals surface area contributed by atoms with Gasteiger partial charge in [0.1, 0.15) is 5.69 Å². The Morgan fingerprint density at radius 3 is 2.64 bits per heavy atom. The van der Waals surface area contributed by atoms with Crippen LogP contribution in [0, 0.1) is 5.92 Å². The van der Waals surface area contributed by atoms with Gasteiger partial charge in [0.15, 0.2) is 0 Å². The van der Waals surface area contributed by atoms with E-state index >= 15 is 0 Å². The molecule has 2 amide bonds. The van der Waals surface area contributed by atoms with Gasteiger partial charge in [-0.2, -0.15) is 0 Å². The maximum Gasteiger partial charge on any atom is 0.326 e. The largest absolute Gasteiger partial charge is 0.341 e. The highest BCUT2D eigenvalue weighted by Crippen LogP contribution is 2.27. The number of pyridine rings is 1. The number of hydrogen-bond acceptors (Lipinski definition) is 5. The lowest BCUT2D eigenvalue weighted by molar-refractivity contribution is -0.134. The smallest absolute Gasteiger partial charge is 0.326 e. The van der Waals surface area contributed by atoms with Crippen LogP contribution in [0.15, 0.2) is 64.4 Å². The Hall–Kier alpha value is -4.01.